The van der Waals surface area contributed by atoms with Gasteiger partial charge >= 0.3 is 5.63 Å². The van der Waals surface area contributed by atoms with Gasteiger partial charge in [0.05, 0.1) is 0 Å². The van der Waals surface area contributed by atoms with Crippen LogP contribution in [0.15, 0.2) is 57.7 Å². The van der Waals surface area contributed by atoms with E-state index in [-0.39, 0.29) is 11.5 Å². The van der Waals surface area contributed by atoms with Crippen molar-refractivity contribution in [3.63, 3.8) is 0 Å². The molecule has 0 bridgehead atoms. The third-order valence-corrected chi connectivity index (χ3v) is 5.80. The highest BCUT2D eigenvalue weighted by Gasteiger charge is 2.23. The van der Waals surface area contributed by atoms with Gasteiger partial charge in [0.15, 0.2) is 0 Å². The van der Waals surface area contributed by atoms with Crippen LogP contribution in [0.4, 0.5) is 0 Å². The minimum Gasteiger partial charge on any atom is -0.423 e. The van der Waals surface area contributed by atoms with Crippen LogP contribution in [-0.2, 0) is 13.0 Å². The summed E-state index contributed by atoms with van der Waals surface area (Å²) in [5.41, 5.74) is 2.81. The van der Waals surface area contributed by atoms with Crippen LogP contribution in [0, 0.1) is 0 Å². The minimum absolute atomic E-state index is 0.0648. The lowest BCUT2D eigenvalue weighted by atomic mass is 10.1. The Kier molecular flexibility index (Phi) is 5.69. The Hall–Kier alpha value is -2.63. The highest BCUT2D eigenvalue weighted by Crippen LogP contribution is 2.27. The van der Waals surface area contributed by atoms with Crippen molar-refractivity contribution in [2.24, 2.45) is 0 Å². The zero-order valence-corrected chi connectivity index (χ0v) is 17.1. The molecule has 0 atom stereocenters. The minimum atomic E-state index is -0.352. The summed E-state index contributed by atoms with van der Waals surface area (Å²) in [6.45, 7) is 5.46. The Morgan fingerprint density at radius 2 is 1.76 bits per heavy atom. The zero-order valence-electron chi connectivity index (χ0n) is 16.4. The molecule has 0 saturated carbocycles. The molecular formula is C23H23ClN2O3. The number of benzene rings is 2. The molecule has 0 radical (unpaired) electrons. The fourth-order valence-electron chi connectivity index (χ4n) is 3.80. The molecule has 29 heavy (non-hydrogen) atoms. The molecule has 1 saturated heterocycles. The summed E-state index contributed by atoms with van der Waals surface area (Å²) in [5, 5.41) is 1.56. The Morgan fingerprint density at radius 1 is 1.03 bits per heavy atom. The summed E-state index contributed by atoms with van der Waals surface area (Å²) < 4.78 is 5.40. The molecule has 2 heterocycles. The Labute approximate surface area is 174 Å². The molecule has 1 aliphatic rings. The average molecular weight is 411 g/mol. The Bertz CT molecular complexity index is 1090. The van der Waals surface area contributed by atoms with Crippen LogP contribution in [0.5, 0.6) is 0 Å². The molecule has 0 N–H and O–H groups in total. The summed E-state index contributed by atoms with van der Waals surface area (Å²) >= 11 is 6.39. The quantitative estimate of drug-likeness (QED) is 0.611. The molecule has 150 valence electrons. The van der Waals surface area contributed by atoms with Crippen LogP contribution in [0.2, 0.25) is 5.02 Å². The van der Waals surface area contributed by atoms with Gasteiger partial charge in [-0.25, -0.2) is 4.79 Å². The van der Waals surface area contributed by atoms with E-state index in [1.165, 1.54) is 0 Å². The van der Waals surface area contributed by atoms with Crippen LogP contribution < -0.4 is 5.63 Å². The first-order valence-electron chi connectivity index (χ1n) is 9.87. The van der Waals surface area contributed by atoms with E-state index in [2.05, 4.69) is 4.90 Å². The van der Waals surface area contributed by atoms with Crippen molar-refractivity contribution in [1.29, 1.82) is 0 Å². The van der Waals surface area contributed by atoms with Gasteiger partial charge in [-0.1, -0.05) is 36.7 Å². The highest BCUT2D eigenvalue weighted by atomic mass is 35.5. The van der Waals surface area contributed by atoms with Gasteiger partial charge < -0.3 is 9.32 Å². The Morgan fingerprint density at radius 3 is 2.45 bits per heavy atom. The fourth-order valence-corrected chi connectivity index (χ4v) is 4.10. The number of rotatable bonds is 4. The number of fused-ring (bicyclic) bond motifs is 1. The first-order chi connectivity index (χ1) is 14.0. The summed E-state index contributed by atoms with van der Waals surface area (Å²) in [4.78, 5) is 28.8. The summed E-state index contributed by atoms with van der Waals surface area (Å²) in [5.74, 6) is 0.0648. The van der Waals surface area contributed by atoms with E-state index in [0.717, 1.165) is 36.0 Å². The normalized spacial score (nSPS) is 15.0. The highest BCUT2D eigenvalue weighted by molar-refractivity contribution is 6.32. The second-order valence-corrected chi connectivity index (χ2v) is 7.73. The van der Waals surface area contributed by atoms with Crippen LogP contribution >= 0.6 is 11.6 Å². The number of amides is 1. The van der Waals surface area contributed by atoms with Crippen molar-refractivity contribution in [3.05, 3.63) is 80.7 Å². The van der Waals surface area contributed by atoms with Crippen LogP contribution in [0.3, 0.4) is 0 Å². The maximum atomic E-state index is 12.6. The van der Waals surface area contributed by atoms with Gasteiger partial charge in [0.1, 0.15) is 5.58 Å². The molecule has 1 fully saturated rings. The summed E-state index contributed by atoms with van der Waals surface area (Å²) in [7, 11) is 0. The molecular weight excluding hydrogens is 388 g/mol. The van der Waals surface area contributed by atoms with Crippen LogP contribution in [0.25, 0.3) is 11.0 Å². The third-order valence-electron chi connectivity index (χ3n) is 5.45. The molecule has 1 aliphatic heterocycles. The van der Waals surface area contributed by atoms with E-state index in [0.29, 0.717) is 35.8 Å². The predicted octanol–water partition coefficient (Wildman–Crippen LogP) is 3.97. The maximum absolute atomic E-state index is 12.6. The molecule has 5 nitrogen and oxygen atoms in total. The number of nitrogens with zero attached hydrogens (tertiary/aromatic N) is 2. The first kappa shape index (κ1) is 19.7. The van der Waals surface area contributed by atoms with Gasteiger partial charge in [-0.05, 0) is 41.8 Å². The monoisotopic (exact) mass is 410 g/mol. The summed E-state index contributed by atoms with van der Waals surface area (Å²) in [6, 6.07) is 14.7. The van der Waals surface area contributed by atoms with Gasteiger partial charge in [0.2, 0.25) is 0 Å². The molecule has 0 aliphatic carbocycles. The van der Waals surface area contributed by atoms with E-state index >= 15 is 0 Å². The van der Waals surface area contributed by atoms with E-state index in [1.807, 2.05) is 54.3 Å². The molecule has 0 unspecified atom stereocenters. The molecule has 2 aromatic carbocycles. The number of hydrogen-bond acceptors (Lipinski definition) is 4. The number of carbonyl (C=O) groups excluding carboxylic acids is 1. The molecule has 3 aromatic rings. The van der Waals surface area contributed by atoms with Crippen molar-refractivity contribution in [1.82, 2.24) is 9.80 Å². The molecule has 4 rings (SSSR count). The topological polar surface area (TPSA) is 53.8 Å². The van der Waals surface area contributed by atoms with E-state index in [4.69, 9.17) is 16.0 Å². The predicted molar refractivity (Wildman–Crippen MR) is 114 cm³/mol. The molecule has 1 aromatic heterocycles. The summed E-state index contributed by atoms with van der Waals surface area (Å²) in [6.07, 6.45) is 0.778. The van der Waals surface area contributed by atoms with Gasteiger partial charge in [-0.3, -0.25) is 9.69 Å². The van der Waals surface area contributed by atoms with Gasteiger partial charge in [0.25, 0.3) is 5.91 Å². The lowest BCUT2D eigenvalue weighted by Gasteiger charge is -2.35. The van der Waals surface area contributed by atoms with E-state index in [9.17, 15) is 9.59 Å². The number of piperazine rings is 1. The number of hydrogen-bond donors (Lipinski definition) is 0. The maximum Gasteiger partial charge on any atom is 0.336 e. The second kappa shape index (κ2) is 8.39. The fraction of sp³-hybridized carbons (Fsp3) is 0.304. The lowest BCUT2D eigenvalue weighted by molar-refractivity contribution is 0.0629. The van der Waals surface area contributed by atoms with Crippen LogP contribution in [-0.4, -0.2) is 41.9 Å². The van der Waals surface area contributed by atoms with E-state index < -0.39 is 0 Å². The standard InChI is InChI=1S/C23H23ClN2O3/c1-2-16-12-21-19(14-20(16)24)18(13-22(27)29-21)15-25-8-10-26(11-9-25)23(28)17-6-4-3-5-7-17/h3-7,12-14H,2,8-11,15H2,1H3. The number of aryl methyl sites for hydroxylation is 1. The lowest BCUT2D eigenvalue weighted by Crippen LogP contribution is -2.48. The number of carbonyl (C=O) groups is 1. The van der Waals surface area contributed by atoms with E-state index in [1.54, 1.807) is 6.07 Å². The average Bonchev–Trinajstić information content (AvgIpc) is 2.74. The third kappa shape index (κ3) is 4.21. The largest absolute Gasteiger partial charge is 0.423 e. The van der Waals surface area contributed by atoms with Crippen molar-refractivity contribution in [2.45, 2.75) is 19.9 Å². The van der Waals surface area contributed by atoms with Gasteiger partial charge in [0, 0.05) is 54.8 Å². The van der Waals surface area contributed by atoms with Crippen molar-refractivity contribution in [3.8, 4) is 0 Å². The zero-order chi connectivity index (χ0) is 20.4. The first-order valence-corrected chi connectivity index (χ1v) is 10.2. The van der Waals surface area contributed by atoms with Gasteiger partial charge in [-0.2, -0.15) is 0 Å². The van der Waals surface area contributed by atoms with Crippen molar-refractivity contribution in [2.75, 3.05) is 26.2 Å². The second-order valence-electron chi connectivity index (χ2n) is 7.32. The smallest absolute Gasteiger partial charge is 0.336 e. The number of halogens is 1. The van der Waals surface area contributed by atoms with Gasteiger partial charge in [-0.15, -0.1) is 0 Å². The Balaban J connectivity index is 1.49. The molecule has 6 heteroatoms. The van der Waals surface area contributed by atoms with Crippen molar-refractivity contribution >= 4 is 28.5 Å². The van der Waals surface area contributed by atoms with Crippen molar-refractivity contribution < 1.29 is 9.21 Å². The van der Waals surface area contributed by atoms with Crippen LogP contribution in [0.1, 0.15) is 28.4 Å². The molecule has 1 amide bonds. The SMILES string of the molecule is CCc1cc2oc(=O)cc(CN3CCN(C(=O)c4ccccc4)CC3)c2cc1Cl. The molecule has 0 spiro atoms.